The molecule has 0 aliphatic rings. The van der Waals surface area contributed by atoms with Crippen LogP contribution in [0.3, 0.4) is 0 Å². The van der Waals surface area contributed by atoms with Gasteiger partial charge >= 0.3 is 18.0 Å². The van der Waals surface area contributed by atoms with Crippen molar-refractivity contribution in [3.05, 3.63) is 35.9 Å². The largest absolute Gasteiger partial charge is 0.480 e. The lowest BCUT2D eigenvalue weighted by atomic mass is 10.1. The molecule has 7 nitrogen and oxygen atoms in total. The van der Waals surface area contributed by atoms with Crippen LogP contribution in [-0.4, -0.2) is 46.7 Å². The van der Waals surface area contributed by atoms with E-state index in [1.807, 2.05) is 30.3 Å². The predicted molar refractivity (Wildman–Crippen MR) is 90.9 cm³/mol. The van der Waals surface area contributed by atoms with Gasteiger partial charge in [-0.2, -0.15) is 0 Å². The Kier molecular flexibility index (Phi) is 7.42. The summed E-state index contributed by atoms with van der Waals surface area (Å²) in [6.45, 7) is 5.19. The van der Waals surface area contributed by atoms with E-state index in [0.717, 1.165) is 10.5 Å². The standard InChI is InChI=1S/C18H25NO6/c1-18(2,3)25-17(23)19(4)14(16(21)22)10-11-15(20)24-12-13-8-6-5-7-9-13/h5-9,14H,10-12H2,1-4H3,(H,21,22)/t14-/m1/s1. The van der Waals surface area contributed by atoms with Crippen molar-refractivity contribution in [1.82, 2.24) is 4.90 Å². The number of carboxylic acid groups (broad SMARTS) is 1. The molecule has 25 heavy (non-hydrogen) atoms. The van der Waals surface area contributed by atoms with Crippen molar-refractivity contribution in [3.63, 3.8) is 0 Å². The third kappa shape index (κ3) is 7.69. The van der Waals surface area contributed by atoms with E-state index in [4.69, 9.17) is 9.47 Å². The first-order valence-corrected chi connectivity index (χ1v) is 7.98. The summed E-state index contributed by atoms with van der Waals surface area (Å²) in [5.74, 6) is -1.73. The van der Waals surface area contributed by atoms with E-state index in [1.54, 1.807) is 20.8 Å². The van der Waals surface area contributed by atoms with Gasteiger partial charge in [-0.25, -0.2) is 9.59 Å². The van der Waals surface area contributed by atoms with Gasteiger partial charge in [0.2, 0.25) is 0 Å². The van der Waals surface area contributed by atoms with E-state index in [2.05, 4.69) is 0 Å². The number of rotatable bonds is 7. The fourth-order valence-corrected chi connectivity index (χ4v) is 2.01. The van der Waals surface area contributed by atoms with Crippen LogP contribution in [0, 0.1) is 0 Å². The van der Waals surface area contributed by atoms with Gasteiger partial charge in [0.25, 0.3) is 0 Å². The number of hydrogen-bond acceptors (Lipinski definition) is 5. The molecule has 1 amide bonds. The minimum atomic E-state index is -1.20. The molecule has 0 saturated carbocycles. The molecule has 0 aliphatic heterocycles. The Hall–Kier alpha value is -2.57. The number of ether oxygens (including phenoxy) is 2. The van der Waals surface area contributed by atoms with Crippen molar-refractivity contribution in [1.29, 1.82) is 0 Å². The molecule has 138 valence electrons. The molecule has 0 heterocycles. The Morgan fingerprint density at radius 3 is 2.28 bits per heavy atom. The summed E-state index contributed by atoms with van der Waals surface area (Å²) >= 11 is 0. The van der Waals surface area contributed by atoms with E-state index in [1.165, 1.54) is 7.05 Å². The lowest BCUT2D eigenvalue weighted by Crippen LogP contribution is -2.45. The van der Waals surface area contributed by atoms with E-state index >= 15 is 0 Å². The van der Waals surface area contributed by atoms with Crippen LogP contribution in [0.1, 0.15) is 39.2 Å². The smallest absolute Gasteiger partial charge is 0.410 e. The monoisotopic (exact) mass is 351 g/mol. The van der Waals surface area contributed by atoms with Crippen molar-refractivity contribution in [2.45, 2.75) is 51.9 Å². The Bertz CT molecular complexity index is 593. The van der Waals surface area contributed by atoms with Gasteiger partial charge in [0.05, 0.1) is 0 Å². The third-order valence-electron chi connectivity index (χ3n) is 3.30. The average molecular weight is 351 g/mol. The average Bonchev–Trinajstić information content (AvgIpc) is 2.52. The van der Waals surface area contributed by atoms with E-state index < -0.39 is 29.7 Å². The number of esters is 1. The fourth-order valence-electron chi connectivity index (χ4n) is 2.01. The summed E-state index contributed by atoms with van der Waals surface area (Å²) < 4.78 is 10.3. The first-order chi connectivity index (χ1) is 11.6. The van der Waals surface area contributed by atoms with Crippen LogP contribution in [-0.2, 0) is 25.7 Å². The molecule has 1 atom stereocenters. The van der Waals surface area contributed by atoms with Crippen molar-refractivity contribution in [2.75, 3.05) is 7.05 Å². The normalized spacial score (nSPS) is 12.2. The molecular formula is C18H25NO6. The molecule has 1 rings (SSSR count). The predicted octanol–water partition coefficient (Wildman–Crippen LogP) is 2.83. The Balaban J connectivity index is 2.53. The minimum absolute atomic E-state index is 0.0568. The molecule has 0 spiro atoms. The number of nitrogens with zero attached hydrogens (tertiary/aromatic N) is 1. The molecule has 0 saturated heterocycles. The summed E-state index contributed by atoms with van der Waals surface area (Å²) in [6.07, 6.45) is -0.923. The maximum atomic E-state index is 12.0. The zero-order valence-corrected chi connectivity index (χ0v) is 15.0. The lowest BCUT2D eigenvalue weighted by molar-refractivity contribution is -0.147. The van der Waals surface area contributed by atoms with Crippen molar-refractivity contribution in [2.24, 2.45) is 0 Å². The second-order valence-electron chi connectivity index (χ2n) is 6.63. The molecule has 1 N–H and O–H groups in total. The number of carbonyl (C=O) groups excluding carboxylic acids is 2. The Labute approximate surface area is 147 Å². The van der Waals surface area contributed by atoms with E-state index in [0.29, 0.717) is 0 Å². The minimum Gasteiger partial charge on any atom is -0.480 e. The topological polar surface area (TPSA) is 93.1 Å². The maximum absolute atomic E-state index is 12.0. The second kappa shape index (κ2) is 9.05. The second-order valence-corrected chi connectivity index (χ2v) is 6.63. The quantitative estimate of drug-likeness (QED) is 0.759. The van der Waals surface area contributed by atoms with Crippen LogP contribution in [0.4, 0.5) is 4.79 Å². The van der Waals surface area contributed by atoms with E-state index in [-0.39, 0.29) is 19.4 Å². The van der Waals surface area contributed by atoms with Crippen molar-refractivity contribution in [3.8, 4) is 0 Å². The van der Waals surface area contributed by atoms with E-state index in [9.17, 15) is 19.5 Å². The number of carboxylic acids is 1. The molecule has 0 fully saturated rings. The molecule has 1 aromatic carbocycles. The van der Waals surface area contributed by atoms with Crippen LogP contribution >= 0.6 is 0 Å². The maximum Gasteiger partial charge on any atom is 0.410 e. The van der Waals surface area contributed by atoms with Gasteiger partial charge in [0.1, 0.15) is 18.2 Å². The molecule has 7 heteroatoms. The molecule has 0 aromatic heterocycles. The first-order valence-electron chi connectivity index (χ1n) is 7.98. The third-order valence-corrected chi connectivity index (χ3v) is 3.30. The number of aliphatic carboxylic acids is 1. The van der Waals surface area contributed by atoms with Gasteiger partial charge in [-0.1, -0.05) is 30.3 Å². The highest BCUT2D eigenvalue weighted by molar-refractivity contribution is 5.80. The van der Waals surface area contributed by atoms with Gasteiger partial charge in [-0.15, -0.1) is 0 Å². The number of hydrogen-bond donors (Lipinski definition) is 1. The van der Waals surface area contributed by atoms with Crippen molar-refractivity contribution >= 4 is 18.0 Å². The molecular weight excluding hydrogens is 326 g/mol. The summed E-state index contributed by atoms with van der Waals surface area (Å²) in [6, 6.07) is 8.00. The lowest BCUT2D eigenvalue weighted by Gasteiger charge is -2.28. The highest BCUT2D eigenvalue weighted by atomic mass is 16.6. The summed E-state index contributed by atoms with van der Waals surface area (Å²) in [4.78, 5) is 36.2. The number of benzene rings is 1. The van der Waals surface area contributed by atoms with Gasteiger partial charge in [-0.3, -0.25) is 9.69 Å². The van der Waals surface area contributed by atoms with Crippen LogP contribution in [0.5, 0.6) is 0 Å². The van der Waals surface area contributed by atoms with Crippen LogP contribution in [0.2, 0.25) is 0 Å². The number of likely N-dealkylation sites (N-methyl/N-ethyl adjacent to an activating group) is 1. The Morgan fingerprint density at radius 2 is 1.76 bits per heavy atom. The first kappa shape index (κ1) is 20.5. The SMILES string of the molecule is CN(C(=O)OC(C)(C)C)[C@H](CCC(=O)OCc1ccccc1)C(=O)O. The molecule has 0 bridgehead atoms. The molecule has 0 radical (unpaired) electrons. The van der Waals surface area contributed by atoms with Crippen LogP contribution < -0.4 is 0 Å². The zero-order chi connectivity index (χ0) is 19.0. The van der Waals surface area contributed by atoms with Gasteiger partial charge < -0.3 is 14.6 Å². The summed E-state index contributed by atoms with van der Waals surface area (Å²) in [5, 5.41) is 9.31. The highest BCUT2D eigenvalue weighted by Gasteiger charge is 2.30. The fraction of sp³-hybridized carbons (Fsp3) is 0.500. The summed E-state index contributed by atoms with van der Waals surface area (Å²) in [5.41, 5.74) is 0.111. The van der Waals surface area contributed by atoms with Gasteiger partial charge in [0.15, 0.2) is 0 Å². The summed E-state index contributed by atoms with van der Waals surface area (Å²) in [7, 11) is 1.34. The number of amides is 1. The molecule has 1 aromatic rings. The highest BCUT2D eigenvalue weighted by Crippen LogP contribution is 2.14. The number of carbonyl (C=O) groups is 3. The van der Waals surface area contributed by atoms with Crippen LogP contribution in [0.25, 0.3) is 0 Å². The van der Waals surface area contributed by atoms with Crippen molar-refractivity contribution < 1.29 is 29.0 Å². The molecule has 0 unspecified atom stereocenters. The Morgan fingerprint density at radius 1 is 1.16 bits per heavy atom. The zero-order valence-electron chi connectivity index (χ0n) is 15.0. The molecule has 0 aliphatic carbocycles. The van der Waals surface area contributed by atoms with Gasteiger partial charge in [-0.05, 0) is 32.8 Å². The van der Waals surface area contributed by atoms with Crippen LogP contribution in [0.15, 0.2) is 30.3 Å². The van der Waals surface area contributed by atoms with Gasteiger partial charge in [0, 0.05) is 13.5 Å².